The van der Waals surface area contributed by atoms with Crippen molar-refractivity contribution in [1.29, 1.82) is 0 Å². The van der Waals surface area contributed by atoms with E-state index in [0.717, 1.165) is 15.4 Å². The molecule has 1 atom stereocenters. The van der Waals surface area contributed by atoms with Crippen LogP contribution in [0.1, 0.15) is 34.5 Å². The molecule has 108 valence electrons. The third-order valence-corrected chi connectivity index (χ3v) is 5.76. The number of carbonyl (C=O) groups is 1. The van der Waals surface area contributed by atoms with Crippen LogP contribution in [0.3, 0.4) is 0 Å². The quantitative estimate of drug-likeness (QED) is 0.857. The zero-order chi connectivity index (χ0) is 15.2. The van der Waals surface area contributed by atoms with E-state index in [1.807, 2.05) is 31.2 Å². The lowest BCUT2D eigenvalue weighted by Crippen LogP contribution is -2.33. The number of nitrogens with zero attached hydrogens (tertiary/aromatic N) is 1. The highest BCUT2D eigenvalue weighted by Gasteiger charge is 2.44. The van der Waals surface area contributed by atoms with E-state index >= 15 is 0 Å². The van der Waals surface area contributed by atoms with Gasteiger partial charge in [0.15, 0.2) is 0 Å². The van der Waals surface area contributed by atoms with E-state index in [-0.39, 0.29) is 10.5 Å². The summed E-state index contributed by atoms with van der Waals surface area (Å²) in [4.78, 5) is 12.6. The SMILES string of the molecule is Cc1ccccc1[C@@H](C)N1C(=O)c2ccccc2S1(=O)=O. The number of benzene rings is 2. The molecule has 3 rings (SSSR count). The first kappa shape index (κ1) is 13.8. The second kappa shape index (κ2) is 4.70. The van der Waals surface area contributed by atoms with Crippen molar-refractivity contribution in [3.05, 3.63) is 65.2 Å². The van der Waals surface area contributed by atoms with Gasteiger partial charge in [0.25, 0.3) is 15.9 Å². The highest BCUT2D eigenvalue weighted by molar-refractivity contribution is 7.90. The Labute approximate surface area is 124 Å². The van der Waals surface area contributed by atoms with Gasteiger partial charge in [0.05, 0.1) is 11.6 Å². The van der Waals surface area contributed by atoms with Gasteiger partial charge in [-0.3, -0.25) is 4.79 Å². The van der Waals surface area contributed by atoms with Gasteiger partial charge in [0.2, 0.25) is 0 Å². The first-order chi connectivity index (χ1) is 9.94. The van der Waals surface area contributed by atoms with Crippen molar-refractivity contribution in [2.24, 2.45) is 0 Å². The molecule has 0 bridgehead atoms. The summed E-state index contributed by atoms with van der Waals surface area (Å²) in [6.45, 7) is 3.65. The van der Waals surface area contributed by atoms with E-state index in [9.17, 15) is 13.2 Å². The Hall–Kier alpha value is -2.14. The molecular weight excluding hydrogens is 286 g/mol. The van der Waals surface area contributed by atoms with Gasteiger partial charge in [0, 0.05) is 0 Å². The number of sulfonamides is 1. The van der Waals surface area contributed by atoms with Crippen molar-refractivity contribution < 1.29 is 13.2 Å². The molecule has 0 aliphatic carbocycles. The van der Waals surface area contributed by atoms with Crippen molar-refractivity contribution in [2.75, 3.05) is 0 Å². The molecule has 0 spiro atoms. The number of aryl methyl sites for hydroxylation is 1. The molecule has 5 heteroatoms. The fourth-order valence-electron chi connectivity index (χ4n) is 2.77. The summed E-state index contributed by atoms with van der Waals surface area (Å²) in [5.41, 5.74) is 2.05. The largest absolute Gasteiger partial charge is 0.269 e. The third-order valence-electron chi connectivity index (χ3n) is 3.84. The molecule has 2 aromatic carbocycles. The highest BCUT2D eigenvalue weighted by atomic mass is 32.2. The first-order valence-corrected chi connectivity index (χ1v) is 8.12. The Morgan fingerprint density at radius 3 is 2.29 bits per heavy atom. The monoisotopic (exact) mass is 301 g/mol. The lowest BCUT2D eigenvalue weighted by Gasteiger charge is -2.24. The van der Waals surface area contributed by atoms with Crippen LogP contribution in [0, 0.1) is 6.92 Å². The summed E-state index contributed by atoms with van der Waals surface area (Å²) in [7, 11) is -3.78. The van der Waals surface area contributed by atoms with Crippen LogP contribution in [0.4, 0.5) is 0 Å². The summed E-state index contributed by atoms with van der Waals surface area (Å²) >= 11 is 0. The van der Waals surface area contributed by atoms with Crippen LogP contribution in [-0.2, 0) is 10.0 Å². The Morgan fingerprint density at radius 1 is 1.00 bits per heavy atom. The van der Waals surface area contributed by atoms with Crippen molar-refractivity contribution in [3.8, 4) is 0 Å². The topological polar surface area (TPSA) is 54.5 Å². The Bertz CT molecular complexity index is 827. The van der Waals surface area contributed by atoms with E-state index in [0.29, 0.717) is 0 Å². The fourth-order valence-corrected chi connectivity index (χ4v) is 4.51. The highest BCUT2D eigenvalue weighted by Crippen LogP contribution is 2.37. The molecule has 0 fully saturated rings. The van der Waals surface area contributed by atoms with E-state index < -0.39 is 22.0 Å². The molecule has 0 N–H and O–H groups in total. The molecule has 0 unspecified atom stereocenters. The van der Waals surface area contributed by atoms with E-state index in [1.165, 1.54) is 6.07 Å². The van der Waals surface area contributed by atoms with Crippen molar-refractivity contribution in [2.45, 2.75) is 24.8 Å². The van der Waals surface area contributed by atoms with Crippen LogP contribution < -0.4 is 0 Å². The maximum Gasteiger partial charge on any atom is 0.269 e. The maximum atomic E-state index is 12.6. The molecule has 0 aromatic heterocycles. The molecule has 1 amide bonds. The van der Waals surface area contributed by atoms with Gasteiger partial charge in [-0.1, -0.05) is 36.4 Å². The summed E-state index contributed by atoms with van der Waals surface area (Å²) in [6, 6.07) is 13.3. The zero-order valence-electron chi connectivity index (χ0n) is 11.8. The number of amides is 1. The minimum Gasteiger partial charge on any atom is -0.268 e. The number of rotatable bonds is 2. The summed E-state index contributed by atoms with van der Waals surface area (Å²) in [6.07, 6.45) is 0. The smallest absolute Gasteiger partial charge is 0.268 e. The van der Waals surface area contributed by atoms with Gasteiger partial charge in [-0.05, 0) is 37.1 Å². The average molecular weight is 301 g/mol. The molecule has 1 heterocycles. The standard InChI is InChI=1S/C16H15NO3S/c1-11-7-3-4-8-13(11)12(2)17-16(18)14-9-5-6-10-15(14)21(17,19)20/h3-10,12H,1-2H3/t12-/m1/s1. The molecule has 0 saturated heterocycles. The second-order valence-electron chi connectivity index (χ2n) is 5.13. The van der Waals surface area contributed by atoms with Gasteiger partial charge in [-0.15, -0.1) is 0 Å². The average Bonchev–Trinajstić information content (AvgIpc) is 2.67. The van der Waals surface area contributed by atoms with Crippen LogP contribution >= 0.6 is 0 Å². The van der Waals surface area contributed by atoms with Crippen LogP contribution in [0.15, 0.2) is 53.4 Å². The molecule has 1 aliphatic rings. The van der Waals surface area contributed by atoms with E-state index in [4.69, 9.17) is 0 Å². The summed E-state index contributed by atoms with van der Waals surface area (Å²) < 4.78 is 26.2. The lowest BCUT2D eigenvalue weighted by atomic mass is 10.0. The predicted octanol–water partition coefficient (Wildman–Crippen LogP) is 2.90. The minimum absolute atomic E-state index is 0.0930. The van der Waals surface area contributed by atoms with Crippen molar-refractivity contribution in [3.63, 3.8) is 0 Å². The zero-order valence-corrected chi connectivity index (χ0v) is 12.6. The van der Waals surface area contributed by atoms with Crippen molar-refractivity contribution >= 4 is 15.9 Å². The molecule has 2 aromatic rings. The van der Waals surface area contributed by atoms with Gasteiger partial charge in [-0.25, -0.2) is 12.7 Å². The number of fused-ring (bicyclic) bond motifs is 1. The van der Waals surface area contributed by atoms with Gasteiger partial charge < -0.3 is 0 Å². The third kappa shape index (κ3) is 1.96. The first-order valence-electron chi connectivity index (χ1n) is 6.68. The van der Waals surface area contributed by atoms with E-state index in [1.54, 1.807) is 25.1 Å². The molecule has 21 heavy (non-hydrogen) atoms. The minimum atomic E-state index is -3.78. The Balaban J connectivity index is 2.13. The Kier molecular flexibility index (Phi) is 3.10. The van der Waals surface area contributed by atoms with Gasteiger partial charge in [-0.2, -0.15) is 0 Å². The number of carbonyl (C=O) groups excluding carboxylic acids is 1. The van der Waals surface area contributed by atoms with Gasteiger partial charge >= 0.3 is 0 Å². The Morgan fingerprint density at radius 2 is 1.62 bits per heavy atom. The molecule has 4 nitrogen and oxygen atoms in total. The molecule has 0 saturated carbocycles. The van der Waals surface area contributed by atoms with Crippen LogP contribution in [0.5, 0.6) is 0 Å². The van der Waals surface area contributed by atoms with Gasteiger partial charge in [0.1, 0.15) is 4.90 Å². The second-order valence-corrected chi connectivity index (χ2v) is 6.92. The normalized spacial score (nSPS) is 17.6. The van der Waals surface area contributed by atoms with Crippen LogP contribution in [0.2, 0.25) is 0 Å². The number of hydrogen-bond acceptors (Lipinski definition) is 3. The maximum absolute atomic E-state index is 12.6. The summed E-state index contributed by atoms with van der Waals surface area (Å²) in [5.74, 6) is -0.457. The summed E-state index contributed by atoms with van der Waals surface area (Å²) in [5, 5.41) is 0. The molecule has 0 radical (unpaired) electrons. The van der Waals surface area contributed by atoms with Crippen molar-refractivity contribution in [1.82, 2.24) is 4.31 Å². The lowest BCUT2D eigenvalue weighted by molar-refractivity contribution is 0.0839. The molecular formula is C16H15NO3S. The molecule has 1 aliphatic heterocycles. The van der Waals surface area contributed by atoms with Crippen LogP contribution in [-0.4, -0.2) is 18.6 Å². The number of hydrogen-bond donors (Lipinski definition) is 0. The fraction of sp³-hybridized carbons (Fsp3) is 0.188. The van der Waals surface area contributed by atoms with Crippen LogP contribution in [0.25, 0.3) is 0 Å². The van der Waals surface area contributed by atoms with E-state index in [2.05, 4.69) is 0 Å². The predicted molar refractivity (Wildman–Crippen MR) is 79.4 cm³/mol.